The van der Waals surface area contributed by atoms with E-state index in [1.807, 2.05) is 0 Å². The van der Waals surface area contributed by atoms with Gasteiger partial charge >= 0.3 is 12.1 Å². The maximum Gasteiger partial charge on any atom is 0.413 e. The second-order valence-electron chi connectivity index (χ2n) is 3.56. The Balaban J connectivity index is 2.49. The molecule has 0 bridgehead atoms. The fourth-order valence-corrected chi connectivity index (χ4v) is 1.33. The maximum atomic E-state index is 11.8. The topological polar surface area (TPSA) is 58.6 Å². The lowest BCUT2D eigenvalue weighted by Gasteiger charge is -2.10. The van der Waals surface area contributed by atoms with Gasteiger partial charge in [0.15, 0.2) is 6.61 Å². The third-order valence-electron chi connectivity index (χ3n) is 2.06. The third-order valence-corrected chi connectivity index (χ3v) is 2.06. The Morgan fingerprint density at radius 3 is 2.44 bits per heavy atom. The lowest BCUT2D eigenvalue weighted by Crippen LogP contribution is -2.24. The second-order valence-corrected chi connectivity index (χ2v) is 3.56. The van der Waals surface area contributed by atoms with Crippen molar-refractivity contribution in [2.45, 2.75) is 19.1 Å². The molecule has 0 amide bonds. The number of hydroxylamine groups is 1. The molecule has 0 saturated heterocycles. The van der Waals surface area contributed by atoms with Gasteiger partial charge in [-0.1, -0.05) is 24.3 Å². The molecule has 1 rings (SSSR count). The van der Waals surface area contributed by atoms with E-state index in [1.165, 1.54) is 0 Å². The molecule has 1 aromatic carbocycles. The fourth-order valence-electron chi connectivity index (χ4n) is 1.33. The summed E-state index contributed by atoms with van der Waals surface area (Å²) in [5.41, 5.74) is 3.28. The summed E-state index contributed by atoms with van der Waals surface area (Å²) < 4.78 is 35.4. The summed E-state index contributed by atoms with van der Waals surface area (Å²) in [6, 6.07) is 6.57. The van der Waals surface area contributed by atoms with E-state index in [9.17, 15) is 18.0 Å². The molecule has 0 radical (unpaired) electrons. The largest absolute Gasteiger partial charge is 0.481 e. The minimum atomic E-state index is -4.40. The molecule has 2 N–H and O–H groups in total. The molecule has 0 spiro atoms. The summed E-state index contributed by atoms with van der Waals surface area (Å²) in [5.74, 6) is -1.00. The van der Waals surface area contributed by atoms with Crippen molar-refractivity contribution in [2.75, 3.05) is 6.61 Å². The number of carbonyl (C=O) groups is 1. The molecule has 0 fully saturated rings. The molecule has 0 heterocycles. The zero-order valence-electron chi connectivity index (χ0n) is 9.33. The summed E-state index contributed by atoms with van der Waals surface area (Å²) >= 11 is 0. The molecular formula is C11H12F3NO3. The number of hydrogen-bond acceptors (Lipinski definition) is 3. The number of alkyl halides is 3. The van der Waals surface area contributed by atoms with E-state index in [0.717, 1.165) is 0 Å². The molecule has 0 unspecified atom stereocenters. The predicted molar refractivity (Wildman–Crippen MR) is 56.6 cm³/mol. The highest BCUT2D eigenvalue weighted by molar-refractivity contribution is 5.70. The van der Waals surface area contributed by atoms with Crippen molar-refractivity contribution in [3.8, 4) is 0 Å². The zero-order chi connectivity index (χ0) is 13.6. The number of rotatable bonds is 6. The van der Waals surface area contributed by atoms with Crippen LogP contribution in [0.1, 0.15) is 11.1 Å². The van der Waals surface area contributed by atoms with Crippen LogP contribution in [0.4, 0.5) is 13.2 Å². The van der Waals surface area contributed by atoms with E-state index in [-0.39, 0.29) is 13.0 Å². The van der Waals surface area contributed by atoms with E-state index >= 15 is 0 Å². The summed E-state index contributed by atoms with van der Waals surface area (Å²) in [6.45, 7) is -1.38. The van der Waals surface area contributed by atoms with Crippen LogP contribution in [0.3, 0.4) is 0 Å². The van der Waals surface area contributed by atoms with Crippen LogP contribution in [0, 0.1) is 0 Å². The van der Waals surface area contributed by atoms with E-state index in [2.05, 4.69) is 10.3 Å². The minimum absolute atomic E-state index is 0.0134. The summed E-state index contributed by atoms with van der Waals surface area (Å²) in [4.78, 5) is 14.8. The van der Waals surface area contributed by atoms with Gasteiger partial charge in [0.1, 0.15) is 0 Å². The van der Waals surface area contributed by atoms with Gasteiger partial charge < -0.3 is 5.11 Å². The van der Waals surface area contributed by atoms with Crippen LogP contribution in [0.15, 0.2) is 24.3 Å². The van der Waals surface area contributed by atoms with Crippen LogP contribution in [0.2, 0.25) is 0 Å². The Morgan fingerprint density at radius 1 is 1.28 bits per heavy atom. The zero-order valence-corrected chi connectivity index (χ0v) is 9.33. The van der Waals surface area contributed by atoms with Crippen molar-refractivity contribution in [3.05, 3.63) is 35.4 Å². The molecule has 18 heavy (non-hydrogen) atoms. The smallest absolute Gasteiger partial charge is 0.413 e. The monoisotopic (exact) mass is 263 g/mol. The van der Waals surface area contributed by atoms with E-state index in [0.29, 0.717) is 11.1 Å². The molecule has 7 heteroatoms. The first-order valence-electron chi connectivity index (χ1n) is 5.08. The summed E-state index contributed by atoms with van der Waals surface area (Å²) in [6.07, 6.45) is -4.58. The van der Waals surface area contributed by atoms with E-state index in [1.54, 1.807) is 24.3 Å². The van der Waals surface area contributed by atoms with E-state index in [4.69, 9.17) is 5.11 Å². The van der Waals surface area contributed by atoms with Crippen molar-refractivity contribution in [2.24, 2.45) is 0 Å². The predicted octanol–water partition coefficient (Wildman–Crippen LogP) is 1.90. The highest BCUT2D eigenvalue weighted by Gasteiger charge is 2.27. The summed E-state index contributed by atoms with van der Waals surface area (Å²) in [5, 5.41) is 8.67. The number of carboxylic acids is 1. The molecule has 1 aromatic rings. The van der Waals surface area contributed by atoms with Crippen LogP contribution in [0.5, 0.6) is 0 Å². The molecule has 0 aliphatic heterocycles. The number of nitrogens with one attached hydrogen (secondary N) is 1. The normalized spacial score (nSPS) is 11.5. The molecule has 0 saturated carbocycles. The second kappa shape index (κ2) is 6.36. The molecular weight excluding hydrogens is 251 g/mol. The Hall–Kier alpha value is -1.60. The fraction of sp³-hybridized carbons (Fsp3) is 0.364. The Labute approximate surface area is 101 Å². The number of hydrogen-bond donors (Lipinski definition) is 2. The molecule has 0 aliphatic rings. The van der Waals surface area contributed by atoms with Gasteiger partial charge in [0, 0.05) is 6.54 Å². The van der Waals surface area contributed by atoms with Gasteiger partial charge in [-0.05, 0) is 11.1 Å². The van der Waals surface area contributed by atoms with Crippen LogP contribution >= 0.6 is 0 Å². The van der Waals surface area contributed by atoms with Crippen molar-refractivity contribution < 1.29 is 27.9 Å². The molecule has 100 valence electrons. The quantitative estimate of drug-likeness (QED) is 0.608. The van der Waals surface area contributed by atoms with Crippen molar-refractivity contribution in [1.82, 2.24) is 5.48 Å². The SMILES string of the molecule is O=C(O)Cc1ccccc1CNOCC(F)(F)F. The van der Waals surface area contributed by atoms with Crippen LogP contribution in [-0.4, -0.2) is 23.9 Å². The molecule has 0 aromatic heterocycles. The first-order valence-corrected chi connectivity index (χ1v) is 5.08. The lowest BCUT2D eigenvalue weighted by atomic mass is 10.1. The first kappa shape index (κ1) is 14.5. The van der Waals surface area contributed by atoms with Crippen molar-refractivity contribution >= 4 is 5.97 Å². The molecule has 4 nitrogen and oxygen atoms in total. The third kappa shape index (κ3) is 5.65. The average Bonchev–Trinajstić information content (AvgIpc) is 2.24. The van der Waals surface area contributed by atoms with Gasteiger partial charge in [0.2, 0.25) is 0 Å². The number of halogens is 3. The Kier molecular flexibility index (Phi) is 5.11. The van der Waals surface area contributed by atoms with Crippen LogP contribution in [-0.2, 0) is 22.6 Å². The van der Waals surface area contributed by atoms with Crippen molar-refractivity contribution in [1.29, 1.82) is 0 Å². The molecule has 0 aliphatic carbocycles. The standard InChI is InChI=1S/C11H12F3NO3/c12-11(13,14)7-18-15-6-9-4-2-1-3-8(9)5-10(16)17/h1-4,15H,5-7H2,(H,16,17). The van der Waals surface area contributed by atoms with Gasteiger partial charge in [0.25, 0.3) is 0 Å². The van der Waals surface area contributed by atoms with Gasteiger partial charge in [-0.2, -0.15) is 18.7 Å². The lowest BCUT2D eigenvalue weighted by molar-refractivity contribution is -0.190. The Morgan fingerprint density at radius 2 is 1.89 bits per heavy atom. The van der Waals surface area contributed by atoms with Gasteiger partial charge in [-0.15, -0.1) is 0 Å². The highest BCUT2D eigenvalue weighted by Crippen LogP contribution is 2.14. The van der Waals surface area contributed by atoms with Gasteiger partial charge in [0.05, 0.1) is 6.42 Å². The maximum absolute atomic E-state index is 11.8. The van der Waals surface area contributed by atoms with Crippen LogP contribution in [0.25, 0.3) is 0 Å². The summed E-state index contributed by atoms with van der Waals surface area (Å²) in [7, 11) is 0. The average molecular weight is 263 g/mol. The van der Waals surface area contributed by atoms with Gasteiger partial charge in [-0.3, -0.25) is 9.63 Å². The Bertz CT molecular complexity index is 407. The van der Waals surface area contributed by atoms with Crippen molar-refractivity contribution in [3.63, 3.8) is 0 Å². The van der Waals surface area contributed by atoms with Gasteiger partial charge in [-0.25, -0.2) is 0 Å². The minimum Gasteiger partial charge on any atom is -0.481 e. The molecule has 0 atom stereocenters. The van der Waals surface area contributed by atoms with Crippen LogP contribution < -0.4 is 5.48 Å². The highest BCUT2D eigenvalue weighted by atomic mass is 19.4. The number of aliphatic carboxylic acids is 1. The number of carboxylic acid groups (broad SMARTS) is 1. The first-order chi connectivity index (χ1) is 8.38. The number of benzene rings is 1. The van der Waals surface area contributed by atoms with E-state index < -0.39 is 18.8 Å².